The highest BCUT2D eigenvalue weighted by atomic mass is 79.9. The van der Waals surface area contributed by atoms with Gasteiger partial charge >= 0.3 is 6.18 Å². The van der Waals surface area contributed by atoms with E-state index in [0.717, 1.165) is 4.68 Å². The molecule has 7 heteroatoms. The van der Waals surface area contributed by atoms with E-state index in [9.17, 15) is 13.2 Å². The van der Waals surface area contributed by atoms with Gasteiger partial charge in [-0.25, -0.2) is 4.68 Å². The number of halogens is 4. The lowest BCUT2D eigenvalue weighted by Gasteiger charge is -2.27. The summed E-state index contributed by atoms with van der Waals surface area (Å²) < 4.78 is 39.6. The Labute approximate surface area is 92.8 Å². The summed E-state index contributed by atoms with van der Waals surface area (Å²) in [6.45, 7) is 1.98. The van der Waals surface area contributed by atoms with Gasteiger partial charge in [-0.05, 0) is 29.3 Å². The van der Waals surface area contributed by atoms with Crippen molar-refractivity contribution in [2.24, 2.45) is 0 Å². The van der Waals surface area contributed by atoms with Crippen molar-refractivity contribution in [3.63, 3.8) is 0 Å². The van der Waals surface area contributed by atoms with Gasteiger partial charge in [-0.2, -0.15) is 18.3 Å². The van der Waals surface area contributed by atoms with Crippen LogP contribution in [0, 0.1) is 6.92 Å². The normalized spacial score (nSPS) is 21.0. The Morgan fingerprint density at radius 3 is 2.80 bits per heavy atom. The summed E-state index contributed by atoms with van der Waals surface area (Å²) in [6.07, 6.45) is -4.22. The van der Waals surface area contributed by atoms with Gasteiger partial charge in [0.05, 0.1) is 10.2 Å². The molecule has 0 amide bonds. The topological polar surface area (TPSA) is 29.9 Å². The van der Waals surface area contributed by atoms with Crippen LogP contribution in [0.25, 0.3) is 0 Å². The van der Waals surface area contributed by atoms with E-state index >= 15 is 0 Å². The van der Waals surface area contributed by atoms with E-state index in [4.69, 9.17) is 0 Å². The number of hydrogen-bond donors (Lipinski definition) is 1. The van der Waals surface area contributed by atoms with E-state index in [1.165, 1.54) is 0 Å². The lowest BCUT2D eigenvalue weighted by molar-refractivity contribution is -0.171. The molecular weight excluding hydrogens is 275 g/mol. The summed E-state index contributed by atoms with van der Waals surface area (Å²) in [5.74, 6) is 0.418. The van der Waals surface area contributed by atoms with Crippen LogP contribution < -0.4 is 5.32 Å². The van der Waals surface area contributed by atoms with E-state index in [0.29, 0.717) is 22.5 Å². The maximum absolute atomic E-state index is 12.7. The molecule has 15 heavy (non-hydrogen) atoms. The zero-order valence-electron chi connectivity index (χ0n) is 7.90. The molecule has 1 aromatic rings. The van der Waals surface area contributed by atoms with Crippen molar-refractivity contribution in [2.75, 3.05) is 11.9 Å². The fourth-order valence-corrected chi connectivity index (χ4v) is 2.06. The predicted octanol–water partition coefficient (Wildman–Crippen LogP) is 2.87. The second kappa shape index (κ2) is 3.40. The van der Waals surface area contributed by atoms with Gasteiger partial charge in [0.15, 0.2) is 6.04 Å². The molecule has 1 aromatic heterocycles. The van der Waals surface area contributed by atoms with E-state index in [2.05, 4.69) is 26.3 Å². The summed E-state index contributed by atoms with van der Waals surface area (Å²) >= 11 is 3.22. The maximum Gasteiger partial charge on any atom is 0.410 e. The average Bonchev–Trinajstić information content (AvgIpc) is 2.41. The molecular formula is C8H9BrF3N3. The van der Waals surface area contributed by atoms with Crippen LogP contribution in [0.15, 0.2) is 4.47 Å². The monoisotopic (exact) mass is 283 g/mol. The third kappa shape index (κ3) is 1.73. The number of fused-ring (bicyclic) bond motifs is 1. The predicted molar refractivity (Wildman–Crippen MR) is 52.9 cm³/mol. The standard InChI is InChI=1S/C8H9BrF3N3/c1-4-6(9)7-13-3-2-5(8(10,11)12)15(7)14-4/h5,13H,2-3H2,1H3/t5-/m1/s1. The minimum atomic E-state index is -4.24. The zero-order chi connectivity index (χ0) is 11.2. The van der Waals surface area contributed by atoms with Crippen LogP contribution in [0.5, 0.6) is 0 Å². The number of nitrogens with zero attached hydrogens (tertiary/aromatic N) is 2. The van der Waals surface area contributed by atoms with Crippen molar-refractivity contribution in [2.45, 2.75) is 25.6 Å². The molecule has 0 saturated heterocycles. The summed E-state index contributed by atoms with van der Waals surface area (Å²) in [7, 11) is 0. The molecule has 0 fully saturated rings. The molecule has 0 aliphatic carbocycles. The van der Waals surface area contributed by atoms with Crippen LogP contribution in [0.1, 0.15) is 18.2 Å². The fraction of sp³-hybridized carbons (Fsp3) is 0.625. The van der Waals surface area contributed by atoms with E-state index < -0.39 is 12.2 Å². The van der Waals surface area contributed by atoms with Crippen LogP contribution in [0.4, 0.5) is 19.0 Å². The average molecular weight is 284 g/mol. The number of aryl methyl sites for hydroxylation is 1. The van der Waals surface area contributed by atoms with Gasteiger partial charge in [-0.1, -0.05) is 0 Å². The number of alkyl halides is 3. The minimum Gasteiger partial charge on any atom is -0.369 e. The van der Waals surface area contributed by atoms with Gasteiger partial charge in [0.25, 0.3) is 0 Å². The first kappa shape index (κ1) is 10.8. The fourth-order valence-electron chi connectivity index (χ4n) is 1.66. The molecule has 1 N–H and O–H groups in total. The van der Waals surface area contributed by atoms with Crippen LogP contribution in [0.2, 0.25) is 0 Å². The highest BCUT2D eigenvalue weighted by Crippen LogP contribution is 2.40. The van der Waals surface area contributed by atoms with Crippen molar-refractivity contribution in [1.29, 1.82) is 0 Å². The molecule has 0 unspecified atom stereocenters. The quantitative estimate of drug-likeness (QED) is 0.794. The van der Waals surface area contributed by atoms with E-state index in [1.54, 1.807) is 6.92 Å². The number of anilines is 1. The maximum atomic E-state index is 12.7. The van der Waals surface area contributed by atoms with Crippen molar-refractivity contribution in [1.82, 2.24) is 9.78 Å². The summed E-state index contributed by atoms with van der Waals surface area (Å²) in [4.78, 5) is 0. The molecule has 0 aromatic carbocycles. The minimum absolute atomic E-state index is 0.0179. The molecule has 0 radical (unpaired) electrons. The Kier molecular flexibility index (Phi) is 2.44. The largest absolute Gasteiger partial charge is 0.410 e. The molecule has 1 aliphatic rings. The van der Waals surface area contributed by atoms with Crippen LogP contribution in [-0.2, 0) is 0 Å². The van der Waals surface area contributed by atoms with Gasteiger partial charge in [-0.15, -0.1) is 0 Å². The van der Waals surface area contributed by atoms with E-state index in [1.807, 2.05) is 0 Å². The van der Waals surface area contributed by atoms with Crippen LogP contribution in [0.3, 0.4) is 0 Å². The van der Waals surface area contributed by atoms with Gasteiger partial charge in [0, 0.05) is 6.54 Å². The molecule has 3 nitrogen and oxygen atoms in total. The second-order valence-electron chi connectivity index (χ2n) is 3.47. The lowest BCUT2D eigenvalue weighted by atomic mass is 10.1. The highest BCUT2D eigenvalue weighted by molar-refractivity contribution is 9.10. The number of aromatic nitrogens is 2. The number of nitrogens with one attached hydrogen (secondary N) is 1. The summed E-state index contributed by atoms with van der Waals surface area (Å²) in [5.41, 5.74) is 0.564. The Balaban J connectivity index is 2.48. The Bertz CT molecular complexity index is 385. The molecule has 2 rings (SSSR count). The van der Waals surface area contributed by atoms with Crippen molar-refractivity contribution in [3.8, 4) is 0 Å². The molecule has 0 spiro atoms. The van der Waals surface area contributed by atoms with Crippen molar-refractivity contribution in [3.05, 3.63) is 10.2 Å². The van der Waals surface area contributed by atoms with Crippen LogP contribution in [-0.4, -0.2) is 22.5 Å². The summed E-state index contributed by atoms with van der Waals surface area (Å²) in [6, 6.07) is -1.52. The number of hydrogen-bond acceptors (Lipinski definition) is 2. The number of rotatable bonds is 0. The molecule has 1 atom stereocenters. The Morgan fingerprint density at radius 2 is 2.20 bits per heavy atom. The van der Waals surface area contributed by atoms with Crippen molar-refractivity contribution < 1.29 is 13.2 Å². The lowest BCUT2D eigenvalue weighted by Crippen LogP contribution is -2.34. The van der Waals surface area contributed by atoms with Crippen LogP contribution >= 0.6 is 15.9 Å². The smallest absolute Gasteiger partial charge is 0.369 e. The molecule has 0 bridgehead atoms. The Morgan fingerprint density at radius 1 is 1.53 bits per heavy atom. The molecule has 1 aliphatic heterocycles. The van der Waals surface area contributed by atoms with E-state index in [-0.39, 0.29) is 6.42 Å². The first-order valence-electron chi connectivity index (χ1n) is 4.46. The second-order valence-corrected chi connectivity index (χ2v) is 4.26. The third-order valence-electron chi connectivity index (χ3n) is 2.40. The van der Waals surface area contributed by atoms with Gasteiger partial charge in [0.1, 0.15) is 5.82 Å². The van der Waals surface area contributed by atoms with Gasteiger partial charge in [-0.3, -0.25) is 0 Å². The molecule has 0 saturated carbocycles. The van der Waals surface area contributed by atoms with Gasteiger partial charge < -0.3 is 5.32 Å². The first-order chi connectivity index (χ1) is 6.91. The first-order valence-corrected chi connectivity index (χ1v) is 5.25. The van der Waals surface area contributed by atoms with Gasteiger partial charge in [0.2, 0.25) is 0 Å². The van der Waals surface area contributed by atoms with Crippen molar-refractivity contribution >= 4 is 21.7 Å². The summed E-state index contributed by atoms with van der Waals surface area (Å²) in [5, 5.41) is 6.79. The molecule has 84 valence electrons. The third-order valence-corrected chi connectivity index (χ3v) is 3.35. The zero-order valence-corrected chi connectivity index (χ0v) is 9.48. The highest BCUT2D eigenvalue weighted by Gasteiger charge is 2.44. The Hall–Kier alpha value is -0.720. The SMILES string of the molecule is Cc1nn2c(c1Br)NCC[C@@H]2C(F)(F)F. The molecule has 2 heterocycles.